The summed E-state index contributed by atoms with van der Waals surface area (Å²) in [5.74, 6) is 0.936. The Morgan fingerprint density at radius 1 is 1.36 bits per heavy atom. The number of hydrogen-bond donors (Lipinski definition) is 1. The summed E-state index contributed by atoms with van der Waals surface area (Å²) >= 11 is 0. The van der Waals surface area contributed by atoms with Crippen LogP contribution in [0.1, 0.15) is 16.2 Å². The molecule has 2 saturated heterocycles. The summed E-state index contributed by atoms with van der Waals surface area (Å²) in [6.07, 6.45) is 0. The van der Waals surface area contributed by atoms with Gasteiger partial charge in [-0.05, 0) is 12.8 Å². The lowest BCUT2D eigenvalue weighted by molar-refractivity contribution is 0.0264. The Morgan fingerprint density at radius 3 is 2.73 bits per heavy atom. The van der Waals surface area contributed by atoms with Gasteiger partial charge in [0, 0.05) is 51.3 Å². The molecule has 2 aliphatic heterocycles. The van der Waals surface area contributed by atoms with Gasteiger partial charge in [0.1, 0.15) is 5.76 Å². The Morgan fingerprint density at radius 2 is 2.09 bits per heavy atom. The number of aliphatic hydroxyl groups is 1. The third-order valence-corrected chi connectivity index (χ3v) is 4.54. The molecule has 7 nitrogen and oxygen atoms in total. The summed E-state index contributed by atoms with van der Waals surface area (Å²) in [7, 11) is 0. The van der Waals surface area contributed by atoms with Gasteiger partial charge in [-0.1, -0.05) is 5.16 Å². The first-order chi connectivity index (χ1) is 10.7. The maximum Gasteiger partial charge on any atom is 0.276 e. The number of aliphatic hydroxyl groups excluding tert-OH is 1. The van der Waals surface area contributed by atoms with Gasteiger partial charge in [-0.2, -0.15) is 0 Å². The van der Waals surface area contributed by atoms with Gasteiger partial charge < -0.3 is 19.3 Å². The second-order valence-corrected chi connectivity index (χ2v) is 6.15. The second kappa shape index (κ2) is 6.76. The van der Waals surface area contributed by atoms with E-state index in [1.807, 2.05) is 0 Å². The smallest absolute Gasteiger partial charge is 0.276 e. The summed E-state index contributed by atoms with van der Waals surface area (Å²) in [6, 6.07) is 1.66. The van der Waals surface area contributed by atoms with Crippen molar-refractivity contribution in [2.24, 2.45) is 11.8 Å². The molecule has 1 aromatic heterocycles. The summed E-state index contributed by atoms with van der Waals surface area (Å²) in [5, 5.41) is 13.4. The fraction of sp³-hybridized carbons (Fsp3) is 0.733. The zero-order valence-electron chi connectivity index (χ0n) is 12.9. The van der Waals surface area contributed by atoms with E-state index >= 15 is 0 Å². The molecule has 7 heteroatoms. The molecule has 2 aliphatic rings. The Bertz CT molecular complexity index is 513. The Hall–Kier alpha value is -1.44. The molecule has 0 unspecified atom stereocenters. The molecule has 2 fully saturated rings. The molecule has 0 radical (unpaired) electrons. The van der Waals surface area contributed by atoms with Crippen LogP contribution in [0.2, 0.25) is 0 Å². The average Bonchev–Trinajstić information content (AvgIpc) is 3.14. The standard InChI is InChI=1S/C15H23N3O4/c1-11-6-14(16-22-11)15(20)18-8-12(13(9-18)10-19)7-17-2-4-21-5-3-17/h6,12-13,19H,2-5,7-10H2,1H3/t12-,13-/m1/s1. The van der Waals surface area contributed by atoms with E-state index in [0.717, 1.165) is 32.8 Å². The largest absolute Gasteiger partial charge is 0.396 e. The third kappa shape index (κ3) is 3.31. The maximum absolute atomic E-state index is 12.4. The fourth-order valence-electron chi connectivity index (χ4n) is 3.26. The molecule has 1 aromatic rings. The van der Waals surface area contributed by atoms with Crippen molar-refractivity contribution in [3.63, 3.8) is 0 Å². The number of aromatic nitrogens is 1. The van der Waals surface area contributed by atoms with Crippen LogP contribution in [0.15, 0.2) is 10.6 Å². The predicted molar refractivity (Wildman–Crippen MR) is 78.5 cm³/mol. The van der Waals surface area contributed by atoms with E-state index in [9.17, 15) is 9.90 Å². The van der Waals surface area contributed by atoms with Crippen LogP contribution in [-0.2, 0) is 4.74 Å². The van der Waals surface area contributed by atoms with Crippen molar-refractivity contribution in [2.45, 2.75) is 6.92 Å². The minimum atomic E-state index is -0.111. The molecule has 3 rings (SSSR count). The number of likely N-dealkylation sites (tertiary alicyclic amines) is 1. The minimum absolute atomic E-state index is 0.108. The van der Waals surface area contributed by atoms with Crippen molar-refractivity contribution >= 4 is 5.91 Å². The number of carbonyl (C=O) groups excluding carboxylic acids is 1. The van der Waals surface area contributed by atoms with Crippen LogP contribution in [0.3, 0.4) is 0 Å². The highest BCUT2D eigenvalue weighted by atomic mass is 16.5. The molecule has 1 N–H and O–H groups in total. The van der Waals surface area contributed by atoms with Crippen molar-refractivity contribution in [1.29, 1.82) is 0 Å². The van der Waals surface area contributed by atoms with E-state index in [0.29, 0.717) is 30.5 Å². The van der Waals surface area contributed by atoms with Crippen molar-refractivity contribution in [2.75, 3.05) is 52.5 Å². The van der Waals surface area contributed by atoms with Gasteiger partial charge in [0.15, 0.2) is 5.69 Å². The number of nitrogens with zero attached hydrogens (tertiary/aromatic N) is 3. The molecule has 0 bridgehead atoms. The molecule has 0 spiro atoms. The lowest BCUT2D eigenvalue weighted by Crippen LogP contribution is -2.41. The van der Waals surface area contributed by atoms with Gasteiger partial charge >= 0.3 is 0 Å². The minimum Gasteiger partial charge on any atom is -0.396 e. The number of rotatable bonds is 4. The van der Waals surface area contributed by atoms with Crippen LogP contribution in [-0.4, -0.2) is 78.5 Å². The van der Waals surface area contributed by atoms with Gasteiger partial charge in [-0.3, -0.25) is 9.69 Å². The molecule has 0 saturated carbocycles. The number of carbonyl (C=O) groups is 1. The van der Waals surface area contributed by atoms with Gasteiger partial charge in [-0.15, -0.1) is 0 Å². The van der Waals surface area contributed by atoms with Gasteiger partial charge in [0.2, 0.25) is 0 Å². The Labute approximate surface area is 129 Å². The summed E-state index contributed by atoms with van der Waals surface area (Å²) in [5.41, 5.74) is 0.348. The average molecular weight is 309 g/mol. The number of hydrogen-bond acceptors (Lipinski definition) is 6. The number of amides is 1. The monoisotopic (exact) mass is 309 g/mol. The normalized spacial score (nSPS) is 26.5. The van der Waals surface area contributed by atoms with Crippen LogP contribution in [0.25, 0.3) is 0 Å². The third-order valence-electron chi connectivity index (χ3n) is 4.54. The van der Waals surface area contributed by atoms with Crippen molar-refractivity contribution in [3.05, 3.63) is 17.5 Å². The van der Waals surface area contributed by atoms with E-state index in [2.05, 4.69) is 10.1 Å². The van der Waals surface area contributed by atoms with Crippen LogP contribution < -0.4 is 0 Å². The molecule has 1 amide bonds. The maximum atomic E-state index is 12.4. The number of morpholine rings is 1. The molecule has 22 heavy (non-hydrogen) atoms. The van der Waals surface area contributed by atoms with Crippen LogP contribution in [0.5, 0.6) is 0 Å². The lowest BCUT2D eigenvalue weighted by Gasteiger charge is -2.30. The SMILES string of the molecule is Cc1cc(C(=O)N2C[C@@H](CN3CCOCC3)[C@@H](CO)C2)no1. The molecule has 2 atom stereocenters. The predicted octanol–water partition coefficient (Wildman–Crippen LogP) is -0.00428. The quantitative estimate of drug-likeness (QED) is 0.843. The first-order valence-corrected chi connectivity index (χ1v) is 7.81. The zero-order valence-corrected chi connectivity index (χ0v) is 12.9. The topological polar surface area (TPSA) is 79.0 Å². The van der Waals surface area contributed by atoms with Crippen molar-refractivity contribution < 1.29 is 19.2 Å². The van der Waals surface area contributed by atoms with E-state index in [1.165, 1.54) is 0 Å². The van der Waals surface area contributed by atoms with E-state index in [1.54, 1.807) is 17.9 Å². The highest BCUT2D eigenvalue weighted by Gasteiger charge is 2.37. The molecule has 0 aromatic carbocycles. The molecular formula is C15H23N3O4. The van der Waals surface area contributed by atoms with Crippen LogP contribution >= 0.6 is 0 Å². The highest BCUT2D eigenvalue weighted by Crippen LogP contribution is 2.26. The van der Waals surface area contributed by atoms with Crippen LogP contribution in [0.4, 0.5) is 0 Å². The van der Waals surface area contributed by atoms with Crippen molar-refractivity contribution in [3.8, 4) is 0 Å². The number of aryl methyl sites for hydroxylation is 1. The van der Waals surface area contributed by atoms with Gasteiger partial charge in [-0.25, -0.2) is 0 Å². The Kier molecular flexibility index (Phi) is 4.75. The van der Waals surface area contributed by atoms with E-state index in [-0.39, 0.29) is 18.4 Å². The molecule has 0 aliphatic carbocycles. The summed E-state index contributed by atoms with van der Waals surface area (Å²) < 4.78 is 10.3. The summed E-state index contributed by atoms with van der Waals surface area (Å²) in [6.45, 7) is 7.38. The van der Waals surface area contributed by atoms with Crippen molar-refractivity contribution in [1.82, 2.24) is 15.0 Å². The first-order valence-electron chi connectivity index (χ1n) is 7.81. The van der Waals surface area contributed by atoms with Crippen LogP contribution in [0, 0.1) is 18.8 Å². The second-order valence-electron chi connectivity index (χ2n) is 6.15. The fourth-order valence-corrected chi connectivity index (χ4v) is 3.26. The highest BCUT2D eigenvalue weighted by molar-refractivity contribution is 5.92. The molecular weight excluding hydrogens is 286 g/mol. The van der Waals surface area contributed by atoms with Gasteiger partial charge in [0.05, 0.1) is 13.2 Å². The van der Waals surface area contributed by atoms with E-state index in [4.69, 9.17) is 9.26 Å². The lowest BCUT2D eigenvalue weighted by atomic mass is 9.96. The molecule has 122 valence electrons. The number of ether oxygens (including phenoxy) is 1. The summed E-state index contributed by atoms with van der Waals surface area (Å²) in [4.78, 5) is 16.6. The Balaban J connectivity index is 1.62. The van der Waals surface area contributed by atoms with E-state index < -0.39 is 0 Å². The first kappa shape index (κ1) is 15.5. The molecule has 3 heterocycles. The zero-order chi connectivity index (χ0) is 15.5. The van der Waals surface area contributed by atoms with Gasteiger partial charge in [0.25, 0.3) is 5.91 Å².